The molecule has 9 nitrogen and oxygen atoms in total. The van der Waals surface area contributed by atoms with Crippen LogP contribution in [0.25, 0.3) is 11.0 Å². The van der Waals surface area contributed by atoms with Crippen LogP contribution in [0.2, 0.25) is 0 Å². The molecule has 146 valence electrons. The number of hydrogen-bond donors (Lipinski definition) is 3. The highest BCUT2D eigenvalue weighted by Crippen LogP contribution is 2.31. The average Bonchev–Trinajstić information content (AvgIpc) is 3.01. The number of imidazole rings is 1. The third-order valence-electron chi connectivity index (χ3n) is 5.32. The Morgan fingerprint density at radius 2 is 2.07 bits per heavy atom. The van der Waals surface area contributed by atoms with Gasteiger partial charge in [-0.2, -0.15) is 0 Å². The van der Waals surface area contributed by atoms with Gasteiger partial charge in [0.15, 0.2) is 0 Å². The fourth-order valence-corrected chi connectivity index (χ4v) is 3.72. The minimum atomic E-state index is -1.19. The van der Waals surface area contributed by atoms with Crippen molar-refractivity contribution in [2.45, 2.75) is 31.9 Å². The Balaban J connectivity index is 1.65. The SMILES string of the molecule is Cc1nc2ccc(C(=O)N3CC[C@@](C)(O)[C@H](n4ccc(=O)[nH]c4=O)C3)cc2[nH]1. The van der Waals surface area contributed by atoms with Gasteiger partial charge in [0.1, 0.15) is 5.82 Å². The summed E-state index contributed by atoms with van der Waals surface area (Å²) in [5, 5.41) is 10.8. The van der Waals surface area contributed by atoms with Crippen molar-refractivity contribution in [2.75, 3.05) is 13.1 Å². The van der Waals surface area contributed by atoms with E-state index in [9.17, 15) is 19.5 Å². The Morgan fingerprint density at radius 1 is 1.29 bits per heavy atom. The van der Waals surface area contributed by atoms with E-state index in [4.69, 9.17) is 0 Å². The number of fused-ring (bicyclic) bond motifs is 1. The number of nitrogens with zero attached hydrogens (tertiary/aromatic N) is 3. The molecule has 1 amide bonds. The molecule has 1 aliphatic heterocycles. The highest BCUT2D eigenvalue weighted by Gasteiger charge is 2.41. The van der Waals surface area contributed by atoms with E-state index in [2.05, 4.69) is 15.0 Å². The molecule has 0 saturated carbocycles. The topological polar surface area (TPSA) is 124 Å². The summed E-state index contributed by atoms with van der Waals surface area (Å²) in [7, 11) is 0. The van der Waals surface area contributed by atoms with Crippen LogP contribution in [0.3, 0.4) is 0 Å². The van der Waals surface area contributed by atoms with E-state index in [1.807, 2.05) is 6.92 Å². The van der Waals surface area contributed by atoms with Gasteiger partial charge >= 0.3 is 5.69 Å². The lowest BCUT2D eigenvalue weighted by Gasteiger charge is -2.43. The lowest BCUT2D eigenvalue weighted by molar-refractivity contribution is -0.0459. The molecule has 0 unspecified atom stereocenters. The highest BCUT2D eigenvalue weighted by atomic mass is 16.3. The number of nitrogens with one attached hydrogen (secondary N) is 2. The standard InChI is InChI=1S/C19H21N5O4/c1-11-20-13-4-3-12(9-14(13)21-11)17(26)23-8-6-19(2,28)15(10-23)24-7-5-16(25)22-18(24)27/h3-5,7,9,15,28H,6,8,10H2,1-2H3,(H,20,21)(H,22,25,27)/t15-,19-/m1/s1. The van der Waals surface area contributed by atoms with Gasteiger partial charge in [0.2, 0.25) is 0 Å². The molecule has 2 atom stereocenters. The molecule has 0 spiro atoms. The van der Waals surface area contributed by atoms with Crippen molar-refractivity contribution in [2.24, 2.45) is 0 Å². The van der Waals surface area contributed by atoms with Gasteiger partial charge in [-0.25, -0.2) is 9.78 Å². The van der Waals surface area contributed by atoms with Gasteiger partial charge in [-0.15, -0.1) is 0 Å². The van der Waals surface area contributed by atoms with Crippen molar-refractivity contribution in [1.82, 2.24) is 24.4 Å². The van der Waals surface area contributed by atoms with Gasteiger partial charge in [-0.3, -0.25) is 19.1 Å². The van der Waals surface area contributed by atoms with Gasteiger partial charge in [0.05, 0.1) is 22.7 Å². The molecule has 3 aromatic rings. The van der Waals surface area contributed by atoms with Gasteiger partial charge < -0.3 is 15.0 Å². The van der Waals surface area contributed by atoms with Crippen LogP contribution in [-0.4, -0.2) is 54.1 Å². The smallest absolute Gasteiger partial charge is 0.328 e. The predicted octanol–water partition coefficient (Wildman–Crippen LogP) is 0.560. The molecule has 0 radical (unpaired) electrons. The average molecular weight is 383 g/mol. The zero-order valence-electron chi connectivity index (χ0n) is 15.6. The first kappa shape index (κ1) is 18.2. The van der Waals surface area contributed by atoms with Crippen LogP contribution >= 0.6 is 0 Å². The van der Waals surface area contributed by atoms with E-state index >= 15 is 0 Å². The van der Waals surface area contributed by atoms with Crippen molar-refractivity contribution in [3.05, 3.63) is 62.7 Å². The molecule has 1 aliphatic rings. The number of H-pyrrole nitrogens is 2. The molecule has 0 aliphatic carbocycles. The molecule has 4 rings (SSSR count). The number of aromatic amines is 2. The van der Waals surface area contributed by atoms with Crippen LogP contribution in [0.1, 0.15) is 35.6 Å². The van der Waals surface area contributed by atoms with Crippen LogP contribution in [-0.2, 0) is 0 Å². The van der Waals surface area contributed by atoms with Gasteiger partial charge in [-0.05, 0) is 38.5 Å². The number of carbonyl (C=O) groups is 1. The first-order chi connectivity index (χ1) is 13.2. The molecule has 3 heterocycles. The summed E-state index contributed by atoms with van der Waals surface area (Å²) in [6.07, 6.45) is 1.66. The molecule has 9 heteroatoms. The number of aromatic nitrogens is 4. The number of rotatable bonds is 2. The zero-order chi connectivity index (χ0) is 20.1. The minimum absolute atomic E-state index is 0.151. The maximum atomic E-state index is 13.0. The summed E-state index contributed by atoms with van der Waals surface area (Å²) in [5.74, 6) is 0.582. The summed E-state index contributed by atoms with van der Waals surface area (Å²) < 4.78 is 1.28. The van der Waals surface area contributed by atoms with Gasteiger partial charge in [-0.1, -0.05) is 0 Å². The summed E-state index contributed by atoms with van der Waals surface area (Å²) in [4.78, 5) is 47.9. The molecular formula is C19H21N5O4. The Kier molecular flexibility index (Phi) is 4.19. The number of benzene rings is 1. The van der Waals surface area contributed by atoms with E-state index in [0.29, 0.717) is 18.5 Å². The van der Waals surface area contributed by atoms with Gasteiger partial charge in [0, 0.05) is 30.9 Å². The number of likely N-dealkylation sites (tertiary alicyclic amines) is 1. The van der Waals surface area contributed by atoms with Crippen LogP contribution in [0.4, 0.5) is 0 Å². The number of hydrogen-bond acceptors (Lipinski definition) is 5. The van der Waals surface area contributed by atoms with Crippen molar-refractivity contribution in [3.63, 3.8) is 0 Å². The number of carbonyl (C=O) groups excluding carboxylic acids is 1. The van der Waals surface area contributed by atoms with E-state index in [0.717, 1.165) is 16.9 Å². The Hall–Kier alpha value is -3.20. The van der Waals surface area contributed by atoms with Gasteiger partial charge in [0.25, 0.3) is 11.5 Å². The van der Waals surface area contributed by atoms with Crippen molar-refractivity contribution < 1.29 is 9.90 Å². The van der Waals surface area contributed by atoms with E-state index in [1.54, 1.807) is 30.0 Å². The maximum Gasteiger partial charge on any atom is 0.328 e. The normalized spacial score (nSPS) is 22.5. The third-order valence-corrected chi connectivity index (χ3v) is 5.32. The van der Waals surface area contributed by atoms with E-state index < -0.39 is 22.9 Å². The summed E-state index contributed by atoms with van der Waals surface area (Å²) in [5.41, 5.74) is -0.239. The molecule has 3 N–H and O–H groups in total. The second-order valence-electron chi connectivity index (χ2n) is 7.45. The van der Waals surface area contributed by atoms with Crippen molar-refractivity contribution in [1.29, 1.82) is 0 Å². The van der Waals surface area contributed by atoms with E-state index in [1.165, 1.54) is 16.8 Å². The number of aliphatic hydroxyl groups is 1. The summed E-state index contributed by atoms with van der Waals surface area (Å²) in [6.45, 7) is 4.00. The minimum Gasteiger partial charge on any atom is -0.388 e. The fourth-order valence-electron chi connectivity index (χ4n) is 3.72. The lowest BCUT2D eigenvalue weighted by Crippen LogP contribution is -2.54. The predicted molar refractivity (Wildman–Crippen MR) is 102 cm³/mol. The van der Waals surface area contributed by atoms with Crippen molar-refractivity contribution in [3.8, 4) is 0 Å². The quantitative estimate of drug-likeness (QED) is 0.596. The second kappa shape index (κ2) is 6.45. The Bertz CT molecular complexity index is 1170. The van der Waals surface area contributed by atoms with Crippen LogP contribution in [0.5, 0.6) is 0 Å². The first-order valence-electron chi connectivity index (χ1n) is 9.04. The fraction of sp³-hybridized carbons (Fsp3) is 0.368. The molecule has 1 fully saturated rings. The van der Waals surface area contributed by atoms with E-state index in [-0.39, 0.29) is 12.5 Å². The number of aryl methyl sites for hydroxylation is 1. The largest absolute Gasteiger partial charge is 0.388 e. The summed E-state index contributed by atoms with van der Waals surface area (Å²) >= 11 is 0. The van der Waals surface area contributed by atoms with Crippen LogP contribution in [0, 0.1) is 6.92 Å². The molecule has 2 aromatic heterocycles. The molecule has 1 aromatic carbocycles. The molecule has 28 heavy (non-hydrogen) atoms. The molecule has 0 bridgehead atoms. The molecule has 1 saturated heterocycles. The number of amides is 1. The van der Waals surface area contributed by atoms with Crippen molar-refractivity contribution >= 4 is 16.9 Å². The highest BCUT2D eigenvalue weighted by molar-refractivity contribution is 5.97. The van der Waals surface area contributed by atoms with Crippen LogP contribution < -0.4 is 11.2 Å². The third kappa shape index (κ3) is 3.13. The maximum absolute atomic E-state index is 13.0. The Morgan fingerprint density at radius 3 is 2.82 bits per heavy atom. The lowest BCUT2D eigenvalue weighted by atomic mass is 9.87. The second-order valence-corrected chi connectivity index (χ2v) is 7.45. The monoisotopic (exact) mass is 383 g/mol. The first-order valence-corrected chi connectivity index (χ1v) is 9.04. The number of piperidine rings is 1. The van der Waals surface area contributed by atoms with Crippen LogP contribution in [0.15, 0.2) is 40.1 Å². The summed E-state index contributed by atoms with van der Waals surface area (Å²) in [6, 6.07) is 5.82. The Labute approximate surface area is 159 Å². The molecular weight excluding hydrogens is 362 g/mol. The zero-order valence-corrected chi connectivity index (χ0v) is 15.6.